The van der Waals surface area contributed by atoms with Crippen LogP contribution >= 0.6 is 23.1 Å². The van der Waals surface area contributed by atoms with Gasteiger partial charge in [-0.25, -0.2) is 9.47 Å². The molecule has 0 bridgehead atoms. The number of amides is 1. The molecule has 0 unspecified atom stereocenters. The molecule has 2 heterocycles. The van der Waals surface area contributed by atoms with Gasteiger partial charge in [-0.1, -0.05) is 41.6 Å². The molecule has 0 radical (unpaired) electrons. The first-order valence-electron chi connectivity index (χ1n) is 9.29. The number of benzene rings is 1. The Labute approximate surface area is 182 Å². The Hall–Kier alpha value is -2.85. The van der Waals surface area contributed by atoms with E-state index in [0.29, 0.717) is 21.5 Å². The second-order valence-corrected chi connectivity index (χ2v) is 8.73. The maximum absolute atomic E-state index is 12.7. The average molecular weight is 446 g/mol. The number of anilines is 1. The summed E-state index contributed by atoms with van der Waals surface area (Å²) in [6.45, 7) is 7.65. The predicted molar refractivity (Wildman–Crippen MR) is 119 cm³/mol. The number of nitrogens with one attached hydrogen (secondary N) is 1. The van der Waals surface area contributed by atoms with Gasteiger partial charge in [0.15, 0.2) is 0 Å². The van der Waals surface area contributed by atoms with Crippen molar-refractivity contribution in [2.75, 3.05) is 23.5 Å². The summed E-state index contributed by atoms with van der Waals surface area (Å²) in [4.78, 5) is 26.2. The van der Waals surface area contributed by atoms with Gasteiger partial charge in [0.1, 0.15) is 16.4 Å². The summed E-state index contributed by atoms with van der Waals surface area (Å²) in [7, 11) is 0. The number of hydrogen-bond acceptors (Lipinski definition) is 8. The number of aromatic nitrogens is 3. The molecule has 3 aromatic rings. The molecule has 0 atom stereocenters. The monoisotopic (exact) mass is 445 g/mol. The number of aryl methyl sites for hydroxylation is 3. The lowest BCUT2D eigenvalue weighted by molar-refractivity contribution is -0.113. The fourth-order valence-electron chi connectivity index (χ4n) is 2.84. The van der Waals surface area contributed by atoms with E-state index in [9.17, 15) is 9.59 Å². The van der Waals surface area contributed by atoms with E-state index in [1.165, 1.54) is 27.8 Å². The van der Waals surface area contributed by atoms with E-state index in [1.54, 1.807) is 13.8 Å². The average Bonchev–Trinajstić information content (AvgIpc) is 3.20. The van der Waals surface area contributed by atoms with E-state index < -0.39 is 5.97 Å². The van der Waals surface area contributed by atoms with Gasteiger partial charge < -0.3 is 15.9 Å². The number of carbonyl (C=O) groups excluding carboxylic acids is 2. The van der Waals surface area contributed by atoms with Gasteiger partial charge in [-0.15, -0.1) is 21.5 Å². The van der Waals surface area contributed by atoms with Crippen molar-refractivity contribution in [3.63, 3.8) is 0 Å². The van der Waals surface area contributed by atoms with Crippen molar-refractivity contribution < 1.29 is 14.3 Å². The van der Waals surface area contributed by atoms with Crippen molar-refractivity contribution in [3.8, 4) is 11.1 Å². The van der Waals surface area contributed by atoms with Crippen LogP contribution in [0.1, 0.15) is 33.5 Å². The molecule has 2 aromatic heterocycles. The van der Waals surface area contributed by atoms with Gasteiger partial charge >= 0.3 is 5.97 Å². The van der Waals surface area contributed by atoms with Crippen LogP contribution in [0.5, 0.6) is 0 Å². The lowest BCUT2D eigenvalue weighted by atomic mass is 10.0. The minimum Gasteiger partial charge on any atom is -0.462 e. The number of thioether (sulfide) groups is 1. The number of esters is 1. The zero-order valence-electron chi connectivity index (χ0n) is 17.2. The Balaban J connectivity index is 1.87. The topological polar surface area (TPSA) is 112 Å². The highest BCUT2D eigenvalue weighted by Gasteiger charge is 2.25. The van der Waals surface area contributed by atoms with Gasteiger partial charge in [0.25, 0.3) is 0 Å². The Kier molecular flexibility index (Phi) is 6.78. The summed E-state index contributed by atoms with van der Waals surface area (Å²) in [5.74, 6) is 5.71. The Bertz CT molecular complexity index is 1070. The number of rotatable bonds is 7. The van der Waals surface area contributed by atoms with Crippen molar-refractivity contribution in [1.82, 2.24) is 14.9 Å². The van der Waals surface area contributed by atoms with E-state index in [2.05, 4.69) is 15.5 Å². The Morgan fingerprint density at radius 1 is 1.20 bits per heavy atom. The number of carbonyl (C=O) groups is 2. The standard InChI is InChI=1S/C20H23N5O3S2/c1-5-28-19(27)17-16(14-8-6-11(2)7-9-14)12(3)30-18(17)22-15(26)10-29-20-24-23-13(4)25(20)21/h6-9H,5,10,21H2,1-4H3,(H,22,26). The number of nitrogen functional groups attached to an aromatic ring is 1. The highest BCUT2D eigenvalue weighted by atomic mass is 32.2. The van der Waals surface area contributed by atoms with Crippen LogP contribution in [0, 0.1) is 20.8 Å². The maximum Gasteiger partial charge on any atom is 0.341 e. The molecule has 0 fully saturated rings. The molecule has 0 aliphatic heterocycles. The van der Waals surface area contributed by atoms with Gasteiger partial charge in [-0.3, -0.25) is 4.79 Å². The normalized spacial score (nSPS) is 10.8. The van der Waals surface area contributed by atoms with Crippen LogP contribution in [0.2, 0.25) is 0 Å². The molecule has 0 aliphatic carbocycles. The summed E-state index contributed by atoms with van der Waals surface area (Å²) in [5.41, 5.74) is 3.18. The largest absolute Gasteiger partial charge is 0.462 e. The van der Waals surface area contributed by atoms with Crippen LogP contribution in [0.4, 0.5) is 5.00 Å². The fourth-order valence-corrected chi connectivity index (χ4v) is 4.62. The van der Waals surface area contributed by atoms with Crippen molar-refractivity contribution in [1.29, 1.82) is 0 Å². The van der Waals surface area contributed by atoms with E-state index in [1.807, 2.05) is 38.1 Å². The van der Waals surface area contributed by atoms with Crippen molar-refractivity contribution in [2.45, 2.75) is 32.9 Å². The summed E-state index contributed by atoms with van der Waals surface area (Å²) in [6, 6.07) is 7.90. The summed E-state index contributed by atoms with van der Waals surface area (Å²) in [6.07, 6.45) is 0. The molecule has 3 N–H and O–H groups in total. The third-order valence-corrected chi connectivity index (χ3v) is 6.29. The molecule has 10 heteroatoms. The minimum atomic E-state index is -0.460. The first-order chi connectivity index (χ1) is 14.3. The number of hydrogen-bond donors (Lipinski definition) is 2. The lowest BCUT2D eigenvalue weighted by Crippen LogP contribution is -2.18. The van der Waals surface area contributed by atoms with Gasteiger partial charge in [0.2, 0.25) is 11.1 Å². The predicted octanol–water partition coefficient (Wildman–Crippen LogP) is 3.55. The summed E-state index contributed by atoms with van der Waals surface area (Å²) >= 11 is 2.52. The smallest absolute Gasteiger partial charge is 0.341 e. The number of nitrogens with two attached hydrogens (primary N) is 1. The third-order valence-electron chi connectivity index (χ3n) is 4.32. The zero-order valence-corrected chi connectivity index (χ0v) is 18.8. The molecule has 0 spiro atoms. The highest BCUT2D eigenvalue weighted by molar-refractivity contribution is 7.99. The van der Waals surface area contributed by atoms with Crippen LogP contribution in [-0.2, 0) is 9.53 Å². The van der Waals surface area contributed by atoms with Crippen LogP contribution in [0.15, 0.2) is 29.4 Å². The molecular weight excluding hydrogens is 422 g/mol. The molecule has 8 nitrogen and oxygen atoms in total. The van der Waals surface area contributed by atoms with Crippen LogP contribution in [-0.4, -0.2) is 39.1 Å². The second-order valence-electron chi connectivity index (χ2n) is 6.56. The van der Waals surface area contributed by atoms with Gasteiger partial charge in [0.05, 0.1) is 12.4 Å². The van der Waals surface area contributed by atoms with E-state index in [4.69, 9.17) is 10.6 Å². The minimum absolute atomic E-state index is 0.0778. The zero-order chi connectivity index (χ0) is 21.8. The SMILES string of the molecule is CCOC(=O)c1c(NC(=O)CSc2nnc(C)n2N)sc(C)c1-c1ccc(C)cc1. The summed E-state index contributed by atoms with van der Waals surface area (Å²) < 4.78 is 6.60. The van der Waals surface area contributed by atoms with Crippen LogP contribution < -0.4 is 11.2 Å². The molecular formula is C20H23N5O3S2. The highest BCUT2D eigenvalue weighted by Crippen LogP contribution is 2.40. The van der Waals surface area contributed by atoms with Crippen molar-refractivity contribution in [2.24, 2.45) is 0 Å². The number of nitrogens with zero attached hydrogens (tertiary/aromatic N) is 3. The van der Waals surface area contributed by atoms with Gasteiger partial charge in [-0.05, 0) is 33.3 Å². The maximum atomic E-state index is 12.7. The first kappa shape index (κ1) is 21.8. The molecule has 3 rings (SSSR count). The van der Waals surface area contributed by atoms with Crippen LogP contribution in [0.3, 0.4) is 0 Å². The summed E-state index contributed by atoms with van der Waals surface area (Å²) in [5, 5.41) is 11.6. The fraction of sp³-hybridized carbons (Fsp3) is 0.300. The first-order valence-corrected chi connectivity index (χ1v) is 11.1. The Morgan fingerprint density at radius 2 is 1.90 bits per heavy atom. The quantitative estimate of drug-likeness (QED) is 0.325. The molecule has 158 valence electrons. The Morgan fingerprint density at radius 3 is 2.50 bits per heavy atom. The van der Waals surface area contributed by atoms with Gasteiger partial charge in [-0.2, -0.15) is 0 Å². The van der Waals surface area contributed by atoms with Crippen LogP contribution in [0.25, 0.3) is 11.1 Å². The van der Waals surface area contributed by atoms with E-state index in [0.717, 1.165) is 21.6 Å². The number of ether oxygens (including phenoxy) is 1. The molecule has 0 aliphatic rings. The molecule has 1 aromatic carbocycles. The third kappa shape index (κ3) is 4.65. The van der Waals surface area contributed by atoms with E-state index in [-0.39, 0.29) is 18.3 Å². The van der Waals surface area contributed by atoms with E-state index >= 15 is 0 Å². The van der Waals surface area contributed by atoms with Gasteiger partial charge in [0, 0.05) is 10.4 Å². The molecule has 30 heavy (non-hydrogen) atoms. The molecule has 0 saturated heterocycles. The second kappa shape index (κ2) is 9.31. The molecule has 0 saturated carbocycles. The molecule has 1 amide bonds. The lowest BCUT2D eigenvalue weighted by Gasteiger charge is -2.09. The van der Waals surface area contributed by atoms with Crippen molar-refractivity contribution in [3.05, 3.63) is 46.1 Å². The number of thiophene rings is 1. The van der Waals surface area contributed by atoms with Crippen molar-refractivity contribution >= 4 is 40.0 Å².